The molecule has 2 aromatic rings. The third-order valence-corrected chi connectivity index (χ3v) is 6.16. The Morgan fingerprint density at radius 3 is 2.22 bits per heavy atom. The molecule has 4 nitrogen and oxygen atoms in total. The highest BCUT2D eigenvalue weighted by Gasteiger charge is 2.24. The van der Waals surface area contributed by atoms with E-state index in [1.807, 2.05) is 33.1 Å². The zero-order valence-corrected chi connectivity index (χ0v) is 16.0. The predicted octanol–water partition coefficient (Wildman–Crippen LogP) is 5.44. The summed E-state index contributed by atoms with van der Waals surface area (Å²) >= 11 is 6.97. The lowest BCUT2D eigenvalue weighted by Crippen LogP contribution is -2.12. The molecule has 2 rings (SSSR count). The fourth-order valence-corrected chi connectivity index (χ4v) is 5.98. The van der Waals surface area contributed by atoms with Crippen molar-refractivity contribution in [3.63, 3.8) is 0 Å². The van der Waals surface area contributed by atoms with Crippen LogP contribution in [0.25, 0.3) is 11.3 Å². The van der Waals surface area contributed by atoms with Gasteiger partial charge >= 0.3 is 0 Å². The summed E-state index contributed by atoms with van der Waals surface area (Å²) in [5.74, 6) is -0.270. The molecule has 1 heterocycles. The molecule has 0 aliphatic carbocycles. The summed E-state index contributed by atoms with van der Waals surface area (Å²) in [5.41, 5.74) is 1.60. The smallest absolute Gasteiger partial charge is 0.289 e. The van der Waals surface area contributed by atoms with E-state index in [1.54, 1.807) is 12.1 Å². The van der Waals surface area contributed by atoms with Crippen molar-refractivity contribution in [1.29, 1.82) is 0 Å². The number of hydrogen-bond donors (Lipinski definition) is 1. The van der Waals surface area contributed by atoms with E-state index in [1.165, 1.54) is 23.5 Å². The Balaban J connectivity index is 2.18. The van der Waals surface area contributed by atoms with E-state index in [4.69, 9.17) is 20.9 Å². The Morgan fingerprint density at radius 1 is 1.13 bits per heavy atom. The second kappa shape index (κ2) is 7.81. The molecule has 0 saturated carbocycles. The summed E-state index contributed by atoms with van der Waals surface area (Å²) in [4.78, 5) is 4.50. The van der Waals surface area contributed by atoms with Crippen molar-refractivity contribution in [3.8, 4) is 11.3 Å². The molecule has 0 spiro atoms. The molecule has 23 heavy (non-hydrogen) atoms. The number of nitrogens with one attached hydrogen (secondary N) is 1. The maximum absolute atomic E-state index is 13.0. The first kappa shape index (κ1) is 18.5. The molecule has 0 amide bonds. The lowest BCUT2D eigenvalue weighted by Gasteiger charge is -2.26. The van der Waals surface area contributed by atoms with Crippen molar-refractivity contribution in [3.05, 3.63) is 35.5 Å². The molecular weight excluding hydrogens is 354 g/mol. The SMILES string of the molecule is CC(C)OP(=S)(Nc1nc(-c2ccc(F)cc2)cs1)OC(C)C. The lowest BCUT2D eigenvalue weighted by molar-refractivity contribution is 0.178. The van der Waals surface area contributed by atoms with Crippen molar-refractivity contribution >= 4 is 34.9 Å². The molecule has 1 aromatic heterocycles. The maximum Gasteiger partial charge on any atom is 0.289 e. The van der Waals surface area contributed by atoms with Gasteiger partial charge in [-0.2, -0.15) is 0 Å². The number of halogens is 1. The van der Waals surface area contributed by atoms with Gasteiger partial charge in [0.05, 0.1) is 17.9 Å². The Morgan fingerprint density at radius 2 is 1.70 bits per heavy atom. The van der Waals surface area contributed by atoms with Gasteiger partial charge in [-0.3, -0.25) is 5.09 Å². The van der Waals surface area contributed by atoms with Gasteiger partial charge in [0.15, 0.2) is 5.13 Å². The molecule has 0 saturated heterocycles. The van der Waals surface area contributed by atoms with Crippen LogP contribution in [0.5, 0.6) is 0 Å². The van der Waals surface area contributed by atoms with Gasteiger partial charge in [0.25, 0.3) is 6.64 Å². The molecule has 1 N–H and O–H groups in total. The van der Waals surface area contributed by atoms with Gasteiger partial charge in [-0.1, -0.05) is 0 Å². The van der Waals surface area contributed by atoms with Crippen LogP contribution in [0.15, 0.2) is 29.6 Å². The van der Waals surface area contributed by atoms with Crippen molar-refractivity contribution in [2.45, 2.75) is 39.9 Å². The average Bonchev–Trinajstić information content (AvgIpc) is 2.85. The molecule has 0 radical (unpaired) electrons. The van der Waals surface area contributed by atoms with E-state index in [0.717, 1.165) is 11.3 Å². The monoisotopic (exact) mass is 374 g/mol. The van der Waals surface area contributed by atoms with Crippen LogP contribution >= 0.6 is 18.0 Å². The van der Waals surface area contributed by atoms with Gasteiger partial charge < -0.3 is 9.05 Å². The summed E-state index contributed by atoms with van der Waals surface area (Å²) in [5, 5.41) is 5.66. The van der Waals surface area contributed by atoms with E-state index in [-0.39, 0.29) is 18.0 Å². The standard InChI is InChI=1S/C15H20FN2O2PS2/c1-10(2)19-21(22,20-11(3)4)18-15-17-14(9-23-15)12-5-7-13(16)8-6-12/h5-11H,1-4H3,(H,17,18,22). The van der Waals surface area contributed by atoms with Gasteiger partial charge in [0.1, 0.15) is 5.82 Å². The summed E-state index contributed by atoms with van der Waals surface area (Å²) in [7, 11) is 0. The van der Waals surface area contributed by atoms with Gasteiger partial charge in [0.2, 0.25) is 0 Å². The van der Waals surface area contributed by atoms with Crippen LogP contribution in [0.2, 0.25) is 0 Å². The first-order valence-corrected chi connectivity index (χ1v) is 10.8. The topological polar surface area (TPSA) is 43.4 Å². The minimum absolute atomic E-state index is 0.0522. The molecule has 1 aromatic carbocycles. The molecule has 0 unspecified atom stereocenters. The zero-order chi connectivity index (χ0) is 17.0. The number of aromatic nitrogens is 1. The van der Waals surface area contributed by atoms with E-state index >= 15 is 0 Å². The van der Waals surface area contributed by atoms with Crippen LogP contribution < -0.4 is 5.09 Å². The van der Waals surface area contributed by atoms with Crippen molar-refractivity contribution in [1.82, 2.24) is 4.98 Å². The number of benzene rings is 1. The third kappa shape index (κ3) is 5.62. The highest BCUT2D eigenvalue weighted by molar-refractivity contribution is 8.10. The number of anilines is 1. The van der Waals surface area contributed by atoms with Crippen LogP contribution in [0.4, 0.5) is 9.52 Å². The first-order chi connectivity index (χ1) is 10.8. The minimum Gasteiger partial charge on any atom is -0.311 e. The molecule has 8 heteroatoms. The van der Waals surface area contributed by atoms with Gasteiger partial charge in [-0.25, -0.2) is 9.37 Å². The molecule has 0 fully saturated rings. The lowest BCUT2D eigenvalue weighted by atomic mass is 10.2. The molecule has 0 aliphatic rings. The third-order valence-electron chi connectivity index (χ3n) is 2.58. The van der Waals surface area contributed by atoms with Crippen LogP contribution in [0, 0.1) is 5.82 Å². The number of rotatable bonds is 7. The normalized spacial score (nSPS) is 12.1. The Labute approximate surface area is 145 Å². The number of thiazole rings is 1. The van der Waals surface area contributed by atoms with Crippen molar-refractivity contribution in [2.24, 2.45) is 0 Å². The van der Waals surface area contributed by atoms with Crippen LogP contribution in [0.3, 0.4) is 0 Å². The zero-order valence-electron chi connectivity index (χ0n) is 13.4. The number of hydrogen-bond acceptors (Lipinski definition) is 5. The van der Waals surface area contributed by atoms with Crippen molar-refractivity contribution in [2.75, 3.05) is 5.09 Å². The summed E-state index contributed by atoms with van der Waals surface area (Å²) in [6.45, 7) is 4.99. The molecule has 0 aliphatic heterocycles. The van der Waals surface area contributed by atoms with Gasteiger partial charge in [0, 0.05) is 10.9 Å². The summed E-state index contributed by atoms with van der Waals surface area (Å²) in [6, 6.07) is 6.21. The molecular formula is C15H20FN2O2PS2. The van der Waals surface area contributed by atoms with Gasteiger partial charge in [-0.15, -0.1) is 11.3 Å². The summed E-state index contributed by atoms with van der Waals surface area (Å²) in [6.07, 6.45) is -0.104. The Kier molecular flexibility index (Phi) is 6.28. The maximum atomic E-state index is 13.0. The largest absolute Gasteiger partial charge is 0.311 e. The van der Waals surface area contributed by atoms with Crippen LogP contribution in [-0.2, 0) is 20.9 Å². The Bertz CT molecular complexity index is 675. The van der Waals surface area contributed by atoms with E-state index < -0.39 is 6.64 Å². The highest BCUT2D eigenvalue weighted by Crippen LogP contribution is 2.51. The fourth-order valence-electron chi connectivity index (χ4n) is 1.83. The quantitative estimate of drug-likeness (QED) is 0.654. The van der Waals surface area contributed by atoms with E-state index in [2.05, 4.69) is 10.1 Å². The molecule has 0 bridgehead atoms. The Hall–Kier alpha value is -0.850. The van der Waals surface area contributed by atoms with Crippen molar-refractivity contribution < 1.29 is 13.4 Å². The van der Waals surface area contributed by atoms with Crippen LogP contribution in [-0.4, -0.2) is 17.2 Å². The molecule has 126 valence electrons. The number of nitrogens with zero attached hydrogens (tertiary/aromatic N) is 1. The molecule has 0 atom stereocenters. The predicted molar refractivity (Wildman–Crippen MR) is 97.9 cm³/mol. The fraction of sp³-hybridized carbons (Fsp3) is 0.400. The second-order valence-corrected chi connectivity index (χ2v) is 9.40. The van der Waals surface area contributed by atoms with E-state index in [0.29, 0.717) is 5.13 Å². The average molecular weight is 374 g/mol. The second-order valence-electron chi connectivity index (χ2n) is 5.46. The van der Waals surface area contributed by atoms with Gasteiger partial charge in [-0.05, 0) is 63.8 Å². The highest BCUT2D eigenvalue weighted by atomic mass is 32.5. The van der Waals surface area contributed by atoms with Crippen LogP contribution in [0.1, 0.15) is 27.7 Å². The van der Waals surface area contributed by atoms with E-state index in [9.17, 15) is 4.39 Å². The first-order valence-electron chi connectivity index (χ1n) is 7.24. The minimum atomic E-state index is -2.67. The summed E-state index contributed by atoms with van der Waals surface area (Å²) < 4.78 is 24.6.